The first-order chi connectivity index (χ1) is 15.6. The minimum Gasteiger partial charge on any atom is -0.297 e. The summed E-state index contributed by atoms with van der Waals surface area (Å²) in [4.78, 5) is 30.0. The van der Waals surface area contributed by atoms with Crippen LogP contribution in [0.1, 0.15) is 40.5 Å². The van der Waals surface area contributed by atoms with Gasteiger partial charge in [0, 0.05) is 29.9 Å². The van der Waals surface area contributed by atoms with Gasteiger partial charge in [-0.15, -0.1) is 0 Å². The Hall–Kier alpha value is -4.06. The molecule has 4 aromatic rings. The zero-order chi connectivity index (χ0) is 22.5. The van der Waals surface area contributed by atoms with Gasteiger partial charge in [0.15, 0.2) is 5.82 Å². The monoisotopic (exact) mass is 425 g/mol. The van der Waals surface area contributed by atoms with Gasteiger partial charge in [-0.1, -0.05) is 78.9 Å². The molecule has 6 heteroatoms. The van der Waals surface area contributed by atoms with Crippen molar-refractivity contribution in [2.75, 3.05) is 0 Å². The van der Waals surface area contributed by atoms with E-state index in [-0.39, 0.29) is 16.5 Å². The molecule has 0 saturated heterocycles. The zero-order valence-electron chi connectivity index (χ0n) is 17.6. The van der Waals surface area contributed by atoms with E-state index in [1.807, 2.05) is 91.0 Å². The number of Topliss-reactive ketones (excluding diaryl/α,β-unsaturated/α-hetero) is 1. The van der Waals surface area contributed by atoms with Gasteiger partial charge in [0.2, 0.25) is 11.8 Å². The first-order valence-corrected chi connectivity index (χ1v) is 10.4. The second-order valence-electron chi connectivity index (χ2n) is 7.67. The third kappa shape index (κ3) is 4.21. The molecule has 1 heterocycles. The summed E-state index contributed by atoms with van der Waals surface area (Å²) in [5.74, 6) is -1.44. The van der Waals surface area contributed by atoms with Crippen LogP contribution in [0.25, 0.3) is 5.69 Å². The third-order valence-corrected chi connectivity index (χ3v) is 5.73. The smallest absolute Gasteiger partial charge is 0.218 e. The van der Waals surface area contributed by atoms with Gasteiger partial charge in [0.05, 0.1) is 11.8 Å². The molecule has 3 atom stereocenters. The summed E-state index contributed by atoms with van der Waals surface area (Å²) in [7, 11) is 0. The van der Waals surface area contributed by atoms with E-state index in [1.54, 1.807) is 23.9 Å². The Morgan fingerprint density at radius 1 is 0.875 bits per heavy atom. The third-order valence-electron chi connectivity index (χ3n) is 5.73. The summed E-state index contributed by atoms with van der Waals surface area (Å²) in [6, 6.07) is 27.0. The highest BCUT2D eigenvalue weighted by atomic mass is 16.6. The fourth-order valence-electron chi connectivity index (χ4n) is 4.16. The van der Waals surface area contributed by atoms with Gasteiger partial charge in [0.25, 0.3) is 0 Å². The van der Waals surface area contributed by atoms with E-state index in [4.69, 9.17) is 0 Å². The lowest BCUT2D eigenvalue weighted by Crippen LogP contribution is -2.33. The Kier molecular flexibility index (Phi) is 6.22. The van der Waals surface area contributed by atoms with Gasteiger partial charge in [0.1, 0.15) is 0 Å². The van der Waals surface area contributed by atoms with Crippen LogP contribution in [-0.2, 0) is 0 Å². The second kappa shape index (κ2) is 9.39. The summed E-state index contributed by atoms with van der Waals surface area (Å²) in [6.45, 7) is 1.56. The number of hydrogen-bond acceptors (Lipinski definition) is 4. The number of benzene rings is 3. The molecule has 0 aliphatic carbocycles. The van der Waals surface area contributed by atoms with Gasteiger partial charge in [-0.05, 0) is 23.3 Å². The molecule has 4 rings (SSSR count). The Labute approximate surface area is 186 Å². The van der Waals surface area contributed by atoms with Crippen molar-refractivity contribution in [3.63, 3.8) is 0 Å². The average molecular weight is 425 g/mol. The molecule has 0 amide bonds. The summed E-state index contributed by atoms with van der Waals surface area (Å²) < 4.78 is 1.73. The molecular formula is C26H23N3O3. The van der Waals surface area contributed by atoms with E-state index >= 15 is 0 Å². The molecule has 0 aliphatic rings. The topological polar surface area (TPSA) is 78.0 Å². The molecule has 32 heavy (non-hydrogen) atoms. The van der Waals surface area contributed by atoms with Gasteiger partial charge in [-0.2, -0.15) is 0 Å². The Bertz CT molecular complexity index is 1190. The first-order valence-electron chi connectivity index (χ1n) is 10.4. The predicted molar refractivity (Wildman–Crippen MR) is 123 cm³/mol. The average Bonchev–Trinajstić information content (AvgIpc) is 3.33. The van der Waals surface area contributed by atoms with Gasteiger partial charge in [-0.25, -0.2) is 4.98 Å². The summed E-state index contributed by atoms with van der Waals surface area (Å²) in [5.41, 5.74) is 2.28. The molecule has 0 spiro atoms. The van der Waals surface area contributed by atoms with Crippen molar-refractivity contribution in [1.82, 2.24) is 9.55 Å². The highest BCUT2D eigenvalue weighted by Crippen LogP contribution is 2.39. The molecule has 1 aromatic heterocycles. The fourth-order valence-corrected chi connectivity index (χ4v) is 4.16. The SMILES string of the molecule is CC([C@@H](c1ccccc1)[C@@H](C(=O)c1nccn1-c1ccccc1)c1ccccc1)[N+](=O)[O-]. The minimum absolute atomic E-state index is 0.251. The predicted octanol–water partition coefficient (Wildman–Crippen LogP) is 5.29. The van der Waals surface area contributed by atoms with Crippen molar-refractivity contribution >= 4 is 5.78 Å². The normalized spacial score (nSPS) is 13.8. The van der Waals surface area contributed by atoms with E-state index < -0.39 is 17.9 Å². The molecule has 160 valence electrons. The number of ketones is 1. The maximum absolute atomic E-state index is 14.0. The number of hydrogen-bond donors (Lipinski definition) is 0. The van der Waals surface area contributed by atoms with Crippen LogP contribution in [0.3, 0.4) is 0 Å². The molecule has 1 unspecified atom stereocenters. The number of nitro groups is 1. The lowest BCUT2D eigenvalue weighted by molar-refractivity contribution is -0.522. The maximum Gasteiger partial charge on any atom is 0.218 e. The number of carbonyl (C=O) groups is 1. The van der Waals surface area contributed by atoms with E-state index in [0.717, 1.165) is 16.8 Å². The molecule has 0 bridgehead atoms. The molecule has 0 radical (unpaired) electrons. The zero-order valence-corrected chi connectivity index (χ0v) is 17.6. The van der Waals surface area contributed by atoms with E-state index in [9.17, 15) is 14.9 Å². The van der Waals surface area contributed by atoms with Crippen LogP contribution in [-0.4, -0.2) is 26.3 Å². The Morgan fingerprint density at radius 2 is 1.41 bits per heavy atom. The van der Waals surface area contributed by atoms with Crippen molar-refractivity contribution < 1.29 is 9.72 Å². The van der Waals surface area contributed by atoms with Crippen molar-refractivity contribution in [1.29, 1.82) is 0 Å². The second-order valence-corrected chi connectivity index (χ2v) is 7.67. The Morgan fingerprint density at radius 3 is 1.97 bits per heavy atom. The number of imidazole rings is 1. The lowest BCUT2D eigenvalue weighted by atomic mass is 9.75. The number of rotatable bonds is 8. The summed E-state index contributed by atoms with van der Waals surface area (Å²) >= 11 is 0. The molecule has 0 fully saturated rings. The van der Waals surface area contributed by atoms with Gasteiger partial charge in [-0.3, -0.25) is 19.5 Å². The van der Waals surface area contributed by atoms with Crippen molar-refractivity contribution in [3.05, 3.63) is 130 Å². The van der Waals surface area contributed by atoms with Crippen LogP contribution in [0.5, 0.6) is 0 Å². The largest absolute Gasteiger partial charge is 0.297 e. The molecule has 0 aliphatic heterocycles. The minimum atomic E-state index is -0.980. The molecule has 0 saturated carbocycles. The highest BCUT2D eigenvalue weighted by molar-refractivity contribution is 5.99. The number of carbonyl (C=O) groups excluding carboxylic acids is 1. The standard InChI is InChI=1S/C26H23N3O3/c1-19(29(31)32)23(20-11-5-2-6-12-20)24(21-13-7-3-8-14-21)25(30)26-27-17-18-28(26)22-15-9-4-10-16-22/h2-19,23-24H,1H3/t19?,23-,24-/m0/s1. The van der Waals surface area contributed by atoms with E-state index in [1.165, 1.54) is 0 Å². The van der Waals surface area contributed by atoms with Crippen LogP contribution in [0, 0.1) is 10.1 Å². The molecular weight excluding hydrogens is 402 g/mol. The maximum atomic E-state index is 14.0. The van der Waals surface area contributed by atoms with E-state index in [0.29, 0.717) is 0 Å². The van der Waals surface area contributed by atoms with Crippen LogP contribution >= 0.6 is 0 Å². The van der Waals surface area contributed by atoms with Gasteiger partial charge >= 0.3 is 0 Å². The summed E-state index contributed by atoms with van der Waals surface area (Å²) in [6.07, 6.45) is 3.32. The van der Waals surface area contributed by atoms with Crippen molar-refractivity contribution in [2.45, 2.75) is 24.8 Å². The summed E-state index contributed by atoms with van der Waals surface area (Å²) in [5, 5.41) is 11.9. The van der Waals surface area contributed by atoms with Crippen LogP contribution in [0.4, 0.5) is 0 Å². The van der Waals surface area contributed by atoms with Crippen molar-refractivity contribution in [2.24, 2.45) is 0 Å². The molecule has 6 nitrogen and oxygen atoms in total. The number of nitrogens with zero attached hydrogens (tertiary/aromatic N) is 3. The highest BCUT2D eigenvalue weighted by Gasteiger charge is 2.41. The van der Waals surface area contributed by atoms with Crippen LogP contribution < -0.4 is 0 Å². The van der Waals surface area contributed by atoms with Crippen LogP contribution in [0.2, 0.25) is 0 Å². The van der Waals surface area contributed by atoms with Crippen molar-refractivity contribution in [3.8, 4) is 5.69 Å². The molecule has 0 N–H and O–H groups in total. The first kappa shape index (κ1) is 21.2. The van der Waals surface area contributed by atoms with Crippen LogP contribution in [0.15, 0.2) is 103 Å². The Balaban J connectivity index is 1.88. The quantitative estimate of drug-likeness (QED) is 0.218. The number of aromatic nitrogens is 2. The number of para-hydroxylation sites is 1. The fraction of sp³-hybridized carbons (Fsp3) is 0.154. The van der Waals surface area contributed by atoms with Gasteiger partial charge < -0.3 is 0 Å². The molecule has 3 aromatic carbocycles. The van der Waals surface area contributed by atoms with E-state index in [2.05, 4.69) is 4.98 Å². The lowest BCUT2D eigenvalue weighted by Gasteiger charge is -2.27.